The molecule has 1 N–H and O–H groups in total. The number of aromatic nitrogens is 1. The zero-order valence-corrected chi connectivity index (χ0v) is 15.9. The smallest absolute Gasteiger partial charge is 0.245 e. The molecule has 2 rings (SSSR count). The van der Waals surface area contributed by atoms with Crippen molar-refractivity contribution in [3.05, 3.63) is 46.7 Å². The molecule has 0 fully saturated rings. The van der Waals surface area contributed by atoms with Crippen molar-refractivity contribution in [1.82, 2.24) is 9.88 Å². The van der Waals surface area contributed by atoms with Crippen LogP contribution < -0.4 is 5.32 Å². The van der Waals surface area contributed by atoms with Crippen molar-refractivity contribution in [2.75, 3.05) is 18.4 Å². The summed E-state index contributed by atoms with van der Waals surface area (Å²) < 4.78 is 13.0. The summed E-state index contributed by atoms with van der Waals surface area (Å²) in [5, 5.41) is 5.12. The molecule has 0 unspecified atom stereocenters. The van der Waals surface area contributed by atoms with Crippen LogP contribution in [0, 0.1) is 12.7 Å². The average molecular weight is 377 g/mol. The number of halogens is 1. The number of unbranched alkanes of at least 4 members (excludes halogenated alkanes) is 2. The summed E-state index contributed by atoms with van der Waals surface area (Å²) in [5.41, 5.74) is 1.57. The Hall–Kier alpha value is -2.28. The third-order valence-corrected chi connectivity index (χ3v) is 4.73. The van der Waals surface area contributed by atoms with Gasteiger partial charge in [-0.25, -0.2) is 9.37 Å². The lowest BCUT2D eigenvalue weighted by atomic mass is 10.1. The van der Waals surface area contributed by atoms with Crippen LogP contribution in [-0.2, 0) is 16.0 Å². The van der Waals surface area contributed by atoms with Gasteiger partial charge in [-0.15, -0.1) is 11.3 Å². The molecule has 1 heterocycles. The second kappa shape index (κ2) is 10.0. The molecule has 140 valence electrons. The monoisotopic (exact) mass is 377 g/mol. The topological polar surface area (TPSA) is 62.3 Å². The summed E-state index contributed by atoms with van der Waals surface area (Å²) >= 11 is 1.36. The Morgan fingerprint density at radius 1 is 1.23 bits per heavy atom. The van der Waals surface area contributed by atoms with E-state index in [4.69, 9.17) is 0 Å². The van der Waals surface area contributed by atoms with Crippen molar-refractivity contribution in [2.24, 2.45) is 0 Å². The molecule has 1 aromatic carbocycles. The van der Waals surface area contributed by atoms with Gasteiger partial charge < -0.3 is 10.2 Å². The van der Waals surface area contributed by atoms with E-state index >= 15 is 0 Å². The number of amides is 2. The minimum atomic E-state index is -0.334. The molecule has 0 aliphatic heterocycles. The minimum Gasteiger partial charge on any atom is -0.333 e. The van der Waals surface area contributed by atoms with Crippen molar-refractivity contribution in [1.29, 1.82) is 0 Å². The first-order valence-electron chi connectivity index (χ1n) is 8.72. The van der Waals surface area contributed by atoms with E-state index in [1.807, 2.05) is 12.3 Å². The molecule has 7 heteroatoms. The van der Waals surface area contributed by atoms with Crippen molar-refractivity contribution in [2.45, 2.75) is 39.5 Å². The van der Waals surface area contributed by atoms with Crippen LogP contribution in [0.3, 0.4) is 0 Å². The second-order valence-electron chi connectivity index (χ2n) is 6.17. The first-order chi connectivity index (χ1) is 12.5. The fourth-order valence-electron chi connectivity index (χ4n) is 2.48. The van der Waals surface area contributed by atoms with Crippen LogP contribution in [-0.4, -0.2) is 34.8 Å². The molecule has 0 atom stereocenters. The maximum atomic E-state index is 13.0. The van der Waals surface area contributed by atoms with Crippen LogP contribution in [0.2, 0.25) is 0 Å². The average Bonchev–Trinajstić information content (AvgIpc) is 3.01. The van der Waals surface area contributed by atoms with E-state index in [1.165, 1.54) is 23.5 Å². The number of hydrogen-bond acceptors (Lipinski definition) is 4. The predicted molar refractivity (Wildman–Crippen MR) is 102 cm³/mol. The highest BCUT2D eigenvalue weighted by atomic mass is 32.1. The van der Waals surface area contributed by atoms with Gasteiger partial charge in [-0.05, 0) is 31.0 Å². The molecule has 0 saturated heterocycles. The van der Waals surface area contributed by atoms with Crippen LogP contribution in [0.1, 0.15) is 37.4 Å². The predicted octanol–water partition coefficient (Wildman–Crippen LogP) is 3.79. The van der Waals surface area contributed by atoms with Gasteiger partial charge in [0.2, 0.25) is 11.8 Å². The van der Waals surface area contributed by atoms with E-state index in [-0.39, 0.29) is 30.6 Å². The number of carbonyl (C=O) groups is 2. The van der Waals surface area contributed by atoms with Gasteiger partial charge in [0.05, 0.1) is 18.7 Å². The number of anilines is 1. The largest absolute Gasteiger partial charge is 0.333 e. The molecular weight excluding hydrogens is 353 g/mol. The first kappa shape index (κ1) is 20.0. The lowest BCUT2D eigenvalue weighted by Gasteiger charge is -2.22. The molecule has 2 amide bonds. The van der Waals surface area contributed by atoms with Crippen molar-refractivity contribution in [3.63, 3.8) is 0 Å². The molecule has 26 heavy (non-hydrogen) atoms. The van der Waals surface area contributed by atoms with Crippen LogP contribution in [0.25, 0.3) is 0 Å². The fourth-order valence-corrected chi connectivity index (χ4v) is 3.18. The maximum Gasteiger partial charge on any atom is 0.245 e. The molecule has 0 aliphatic rings. The number of benzene rings is 1. The highest BCUT2D eigenvalue weighted by molar-refractivity contribution is 7.13. The van der Waals surface area contributed by atoms with Crippen molar-refractivity contribution >= 4 is 28.3 Å². The van der Waals surface area contributed by atoms with Gasteiger partial charge in [0.1, 0.15) is 5.82 Å². The maximum absolute atomic E-state index is 13.0. The Morgan fingerprint density at radius 3 is 2.58 bits per heavy atom. The van der Waals surface area contributed by atoms with Gasteiger partial charge in [0.15, 0.2) is 5.13 Å². The van der Waals surface area contributed by atoms with Gasteiger partial charge >= 0.3 is 0 Å². The number of thiazole rings is 1. The van der Waals surface area contributed by atoms with E-state index in [0.29, 0.717) is 11.7 Å². The Labute approximate surface area is 157 Å². The van der Waals surface area contributed by atoms with E-state index in [9.17, 15) is 14.0 Å². The van der Waals surface area contributed by atoms with Crippen molar-refractivity contribution in [3.8, 4) is 0 Å². The van der Waals surface area contributed by atoms with E-state index < -0.39 is 0 Å². The van der Waals surface area contributed by atoms with Crippen LogP contribution in [0.15, 0.2) is 29.6 Å². The quantitative estimate of drug-likeness (QED) is 0.676. The Balaban J connectivity index is 1.97. The molecule has 0 bridgehead atoms. The summed E-state index contributed by atoms with van der Waals surface area (Å²) in [6, 6.07) is 5.86. The molecule has 5 nitrogen and oxygen atoms in total. The molecule has 0 saturated carbocycles. The lowest BCUT2D eigenvalue weighted by molar-refractivity contribution is -0.134. The molecule has 2 aromatic rings. The highest BCUT2D eigenvalue weighted by Crippen LogP contribution is 2.14. The zero-order chi connectivity index (χ0) is 18.9. The first-order valence-corrected chi connectivity index (χ1v) is 9.60. The molecule has 0 radical (unpaired) electrons. The van der Waals surface area contributed by atoms with Crippen molar-refractivity contribution < 1.29 is 14.0 Å². The lowest BCUT2D eigenvalue weighted by Crippen LogP contribution is -2.39. The molecule has 1 aromatic heterocycles. The van der Waals surface area contributed by atoms with Gasteiger partial charge in [-0.3, -0.25) is 9.59 Å². The Bertz CT molecular complexity index is 731. The standard InChI is InChI=1S/C19H24FN3O2S/c1-3-4-5-10-23(12-17(24)22-19-21-14(2)13-26-19)18(25)11-15-6-8-16(20)9-7-15/h6-9,13H,3-5,10-12H2,1-2H3,(H,21,22,24). The van der Waals surface area contributed by atoms with Gasteiger partial charge in [0, 0.05) is 11.9 Å². The minimum absolute atomic E-state index is 0.0115. The summed E-state index contributed by atoms with van der Waals surface area (Å²) in [6.45, 7) is 4.46. The fraction of sp³-hybridized carbons (Fsp3) is 0.421. The number of aryl methyl sites for hydroxylation is 1. The summed E-state index contributed by atoms with van der Waals surface area (Å²) in [6.07, 6.45) is 3.02. The summed E-state index contributed by atoms with van der Waals surface area (Å²) in [7, 11) is 0. The Kier molecular flexibility index (Phi) is 7.72. The third kappa shape index (κ3) is 6.55. The number of hydrogen-bond donors (Lipinski definition) is 1. The molecular formula is C19H24FN3O2S. The van der Waals surface area contributed by atoms with Crippen LogP contribution >= 0.6 is 11.3 Å². The zero-order valence-electron chi connectivity index (χ0n) is 15.1. The number of rotatable bonds is 9. The second-order valence-corrected chi connectivity index (χ2v) is 7.03. The van der Waals surface area contributed by atoms with Crippen LogP contribution in [0.4, 0.5) is 9.52 Å². The van der Waals surface area contributed by atoms with Gasteiger partial charge in [0.25, 0.3) is 0 Å². The SMILES string of the molecule is CCCCCN(CC(=O)Nc1nc(C)cs1)C(=O)Cc1ccc(F)cc1. The third-order valence-electron chi connectivity index (χ3n) is 3.85. The summed E-state index contributed by atoms with van der Waals surface area (Å²) in [4.78, 5) is 30.7. The van der Waals surface area contributed by atoms with Crippen LogP contribution in [0.5, 0.6) is 0 Å². The normalized spacial score (nSPS) is 10.6. The Morgan fingerprint density at radius 2 is 1.96 bits per heavy atom. The van der Waals surface area contributed by atoms with E-state index in [2.05, 4.69) is 17.2 Å². The van der Waals surface area contributed by atoms with Gasteiger partial charge in [-0.2, -0.15) is 0 Å². The van der Waals surface area contributed by atoms with E-state index in [0.717, 1.165) is 30.5 Å². The highest BCUT2D eigenvalue weighted by Gasteiger charge is 2.18. The number of nitrogens with one attached hydrogen (secondary N) is 1. The number of nitrogens with zero attached hydrogens (tertiary/aromatic N) is 2. The number of carbonyl (C=O) groups excluding carboxylic acids is 2. The van der Waals surface area contributed by atoms with E-state index in [1.54, 1.807) is 17.0 Å². The summed E-state index contributed by atoms with van der Waals surface area (Å²) in [5.74, 6) is -0.736. The van der Waals surface area contributed by atoms with Gasteiger partial charge in [-0.1, -0.05) is 31.9 Å². The molecule has 0 spiro atoms. The molecule has 0 aliphatic carbocycles.